The van der Waals surface area contributed by atoms with Crippen molar-refractivity contribution in [3.8, 4) is 33.8 Å². The average molecular weight is 2010 g/mol. The molecule has 0 unspecified atom stereocenters. The number of allylic oxidation sites excluding steroid dienone is 6. The van der Waals surface area contributed by atoms with Gasteiger partial charge >= 0.3 is 17.3 Å². The molecule has 0 aliphatic rings. The minimum absolute atomic E-state index is 0. The van der Waals surface area contributed by atoms with Gasteiger partial charge < -0.3 is 25.3 Å². The zero-order valence-electron chi connectivity index (χ0n) is 65.7. The van der Waals surface area contributed by atoms with Crippen LogP contribution in [-0.2, 0) is 60.3 Å². The predicted octanol–water partition coefficient (Wildman–Crippen LogP) is 26.3. The van der Waals surface area contributed by atoms with Crippen LogP contribution in [0, 0.1) is 39.9 Å². The normalized spacial score (nSPS) is 11.8. The van der Waals surface area contributed by atoms with Crippen LogP contribution in [0.5, 0.6) is 0 Å². The summed E-state index contributed by atoms with van der Waals surface area (Å²) in [7, 11) is 0. The van der Waals surface area contributed by atoms with Gasteiger partial charge in [0.2, 0.25) is 0 Å². The molecule has 3 radical (unpaired) electrons. The average Bonchev–Trinajstić information content (AvgIpc) is 0.757. The predicted molar refractivity (Wildman–Crippen MR) is 463 cm³/mol. The molecule has 0 saturated heterocycles. The van der Waals surface area contributed by atoms with Gasteiger partial charge in [-0.15, -0.1) is 75.8 Å². The summed E-state index contributed by atoms with van der Waals surface area (Å²) in [5, 5.41) is 51.9. The molecule has 0 atom stereocenters. The molecule has 0 amide bonds. The molecule has 12 heteroatoms. The van der Waals surface area contributed by atoms with Gasteiger partial charge in [0.1, 0.15) is 11.5 Å². The number of fused-ring (bicyclic) bond motifs is 14. The van der Waals surface area contributed by atoms with Crippen LogP contribution >= 0.6 is 0 Å². The van der Waals surface area contributed by atoms with Crippen molar-refractivity contribution in [2.75, 3.05) is 0 Å². The van der Waals surface area contributed by atoms with E-state index >= 15 is 0 Å². The fraction of sp³-hybridized carbons (Fsp3) is 0.180. The Bertz CT molecular complexity index is 6130. The van der Waals surface area contributed by atoms with Gasteiger partial charge in [0.05, 0.1) is 41.7 Å². The molecule has 0 bridgehead atoms. The van der Waals surface area contributed by atoms with Crippen LogP contribution in [0.2, 0.25) is 0 Å². The molecule has 0 saturated carbocycles. The topological polar surface area (TPSA) is 164 Å². The number of benzene rings is 13. The maximum absolute atomic E-state index is 9.60. The van der Waals surface area contributed by atoms with Gasteiger partial charge in [0.15, 0.2) is 0 Å². The first-order valence-electron chi connectivity index (χ1n) is 36.7. The summed E-state index contributed by atoms with van der Waals surface area (Å²) in [6.45, 7) is 25.8. The third-order valence-corrected chi connectivity index (χ3v) is 18.9. The Morgan fingerprint density at radius 3 is 1.09 bits per heavy atom. The van der Waals surface area contributed by atoms with Crippen LogP contribution in [-0.4, -0.2) is 62.0 Å². The van der Waals surface area contributed by atoms with E-state index < -0.39 is 0 Å². The number of rotatable bonds is 6. The molecule has 112 heavy (non-hydrogen) atoms. The number of aliphatic hydroxyl groups excluding tert-OH is 3. The molecule has 0 aliphatic carbocycles. The Kier molecular flexibility index (Phi) is 29.3. The van der Waals surface area contributed by atoms with E-state index in [1.54, 1.807) is 0 Å². The summed E-state index contributed by atoms with van der Waals surface area (Å²) in [6.07, 6.45) is 9.88. The van der Waals surface area contributed by atoms with E-state index in [0.29, 0.717) is 0 Å². The fourth-order valence-electron chi connectivity index (χ4n) is 12.6. The quantitative estimate of drug-likeness (QED) is 0.0493. The van der Waals surface area contributed by atoms with Crippen LogP contribution in [0.4, 0.5) is 0 Å². The Morgan fingerprint density at radius 2 is 0.670 bits per heavy atom. The largest absolute Gasteiger partial charge is 0.512 e. The molecule has 0 aliphatic heterocycles. The summed E-state index contributed by atoms with van der Waals surface area (Å²) < 4.78 is 0. The second kappa shape index (κ2) is 37.7. The Hall–Kier alpha value is -10.5. The zero-order valence-corrected chi connectivity index (χ0v) is 72.8. The number of carbonyl (C=O) groups excluding carboxylic acids is 3. The fourth-order valence-corrected chi connectivity index (χ4v) is 12.6. The Morgan fingerprint density at radius 1 is 0.321 bits per heavy atom. The molecule has 3 heterocycles. The molecule has 9 nitrogen and oxygen atoms in total. The summed E-state index contributed by atoms with van der Waals surface area (Å²) in [5.41, 5.74) is 4.92. The number of aromatic nitrogens is 3. The number of ketones is 3. The first-order chi connectivity index (χ1) is 51.9. The SMILES string of the molecule is CC(=[OH+])C=C(C)O.CC(C)(C)C(=[OH+])C=C(O)C(C)(C)C.CC(C)(C)C(=[OH+])C=C(O)C(C)(C)C.[Ir].[Ir].[Ir].[c-]1c(-c2nccc3c2ccc2ccccc23)c2ccccc2c2ccccc12.[c-]1cc2ccccc2cc1-c1nccc2c1ccc1ccccc12.[c-]1ccc2ccccc2c1-c1nccc2c1ccc1ccccc12. The molecule has 3 aromatic heterocycles. The maximum atomic E-state index is 9.60. The monoisotopic (exact) mass is 2010 g/mol. The second-order valence-electron chi connectivity index (χ2n) is 31.4. The van der Waals surface area contributed by atoms with E-state index in [9.17, 15) is 19.8 Å². The van der Waals surface area contributed by atoms with Crippen LogP contribution < -0.4 is 0 Å². The molecule has 13 aromatic carbocycles. The molecule has 0 fully saturated rings. The van der Waals surface area contributed by atoms with Crippen molar-refractivity contribution < 1.29 is 90.0 Å². The van der Waals surface area contributed by atoms with Crippen molar-refractivity contribution in [3.05, 3.63) is 321 Å². The maximum Gasteiger partial charge on any atom is 0.325 e. The van der Waals surface area contributed by atoms with Crippen LogP contribution in [0.3, 0.4) is 0 Å². The number of hydrogen-bond donors (Lipinski definition) is 3. The van der Waals surface area contributed by atoms with Crippen LogP contribution in [0.15, 0.2) is 303 Å². The molecule has 573 valence electrons. The van der Waals surface area contributed by atoms with Gasteiger partial charge in [-0.3, -0.25) is 19.4 Å². The third kappa shape index (κ3) is 21.0. The zero-order chi connectivity index (χ0) is 78.0. The van der Waals surface area contributed by atoms with Gasteiger partial charge in [-0.25, -0.2) is 0 Å². The van der Waals surface area contributed by atoms with Crippen molar-refractivity contribution in [3.63, 3.8) is 0 Å². The van der Waals surface area contributed by atoms with Gasteiger partial charge in [0, 0.05) is 95.4 Å². The molecule has 6 N–H and O–H groups in total. The first-order valence-corrected chi connectivity index (χ1v) is 36.7. The van der Waals surface area contributed by atoms with E-state index in [0.717, 1.165) is 44.5 Å². The van der Waals surface area contributed by atoms with Crippen molar-refractivity contribution in [1.82, 2.24) is 15.0 Å². The Labute approximate surface area is 697 Å². The molecule has 0 spiro atoms. The van der Waals surface area contributed by atoms with E-state index in [2.05, 4.69) is 260 Å². The standard InChI is InChI=1S/C27H16N.2C23H14N.2C11H20O2.C5H8O2.3Ir/c1-3-9-20-18(7-1)13-14-25-24(20)15-16-28-27(25)26-17-19-8-2-4-10-21(19)22-11-5-6-12-23(22)26;1-4-10-19-16(6-1)8-5-11-21(19)23-22-13-12-17-7-2-3-9-18(17)20(22)14-15-24-23;1-2-7-18-15-19(10-9-16(18)5-1)23-22-12-11-17-6-3-4-8-20(17)21(22)13-14-24-23;2*1-10(2,3)8(12)7-9(13)11(4,5)6;1-4(6)3-5(2)7;;;/h1-16H;1-10,12-15H;1-9,11-15H;2*7,12H,1-6H3;3,6H,1-2H3;;;/q3*-1;;;;;;/p+3. The van der Waals surface area contributed by atoms with E-state index in [1.807, 2.05) is 114 Å². The van der Waals surface area contributed by atoms with Crippen LogP contribution in [0.25, 0.3) is 141 Å². The van der Waals surface area contributed by atoms with E-state index in [1.165, 1.54) is 129 Å². The van der Waals surface area contributed by atoms with Crippen molar-refractivity contribution in [1.29, 1.82) is 0 Å². The van der Waals surface area contributed by atoms with E-state index in [4.69, 9.17) is 19.9 Å². The van der Waals surface area contributed by atoms with Gasteiger partial charge in [-0.2, -0.15) is 0 Å². The molecule has 16 aromatic rings. The van der Waals surface area contributed by atoms with Gasteiger partial charge in [-0.1, -0.05) is 274 Å². The first kappa shape index (κ1) is 87.1. The molecular formula is C100H95Ir3N3O6. The molecular weight excluding hydrogens is 1920 g/mol. The summed E-state index contributed by atoms with van der Waals surface area (Å²) in [5.74, 6) is 1.08. The third-order valence-electron chi connectivity index (χ3n) is 18.9. The van der Waals surface area contributed by atoms with Gasteiger partial charge in [-0.05, 0) is 143 Å². The summed E-state index contributed by atoms with van der Waals surface area (Å²) in [4.78, 5) is 41.8. The van der Waals surface area contributed by atoms with E-state index in [-0.39, 0.29) is 117 Å². The Balaban J connectivity index is 0.000000176. The van der Waals surface area contributed by atoms with Crippen molar-refractivity contribution in [2.24, 2.45) is 21.7 Å². The molecule has 16 rings (SSSR count). The van der Waals surface area contributed by atoms with Gasteiger partial charge in [0.25, 0.3) is 0 Å². The minimum atomic E-state index is -0.306. The number of hydrogen-bond acceptors (Lipinski definition) is 6. The van der Waals surface area contributed by atoms with Crippen LogP contribution in [0.1, 0.15) is 96.9 Å². The van der Waals surface area contributed by atoms with Crippen molar-refractivity contribution in [2.45, 2.75) is 96.9 Å². The number of aliphatic hydroxyl groups is 3. The number of pyridine rings is 3. The summed E-state index contributed by atoms with van der Waals surface area (Å²) in [6, 6.07) is 97.5. The summed E-state index contributed by atoms with van der Waals surface area (Å²) >= 11 is 0. The smallest absolute Gasteiger partial charge is 0.325 e. The minimum Gasteiger partial charge on any atom is -0.512 e. The number of nitrogens with zero attached hydrogens (tertiary/aromatic N) is 3. The van der Waals surface area contributed by atoms with Crippen molar-refractivity contribution >= 4 is 125 Å². The second-order valence-corrected chi connectivity index (χ2v) is 31.4.